The molecule has 0 unspecified atom stereocenters. The molecular formula is C21H23ClN6O2. The number of piperidine rings is 1. The number of aromatic amines is 1. The van der Waals surface area contributed by atoms with E-state index in [1.165, 1.54) is 5.56 Å². The molecule has 1 aliphatic heterocycles. The van der Waals surface area contributed by atoms with Crippen LogP contribution in [0.25, 0.3) is 17.1 Å². The summed E-state index contributed by atoms with van der Waals surface area (Å²) in [6.07, 6.45) is 4.23. The molecule has 0 aliphatic carbocycles. The van der Waals surface area contributed by atoms with Crippen molar-refractivity contribution < 1.29 is 4.52 Å². The fourth-order valence-corrected chi connectivity index (χ4v) is 3.90. The van der Waals surface area contributed by atoms with Crippen molar-refractivity contribution in [1.82, 2.24) is 30.1 Å². The van der Waals surface area contributed by atoms with Crippen molar-refractivity contribution in [1.29, 1.82) is 0 Å². The minimum absolute atomic E-state index is 0. The minimum atomic E-state index is -0.146. The molecule has 0 atom stereocenters. The SMILES string of the molecule is Cc1ccc(Cc2noc(-c3cnn4c(C5CCNCC5)cc(=O)[nH]c34)n2)cc1.Cl. The highest BCUT2D eigenvalue weighted by Crippen LogP contribution is 2.27. The van der Waals surface area contributed by atoms with Crippen LogP contribution < -0.4 is 10.9 Å². The Labute approximate surface area is 179 Å². The molecule has 1 aliphatic rings. The summed E-state index contributed by atoms with van der Waals surface area (Å²) in [5.74, 6) is 1.26. The van der Waals surface area contributed by atoms with Gasteiger partial charge >= 0.3 is 0 Å². The number of benzene rings is 1. The fraction of sp³-hybridized carbons (Fsp3) is 0.333. The molecule has 3 aromatic heterocycles. The zero-order chi connectivity index (χ0) is 19.8. The molecule has 2 N–H and O–H groups in total. The third kappa shape index (κ3) is 3.88. The number of H-pyrrole nitrogens is 1. The summed E-state index contributed by atoms with van der Waals surface area (Å²) in [5.41, 5.74) is 4.34. The van der Waals surface area contributed by atoms with Gasteiger partial charge in [-0.3, -0.25) is 4.79 Å². The van der Waals surface area contributed by atoms with Gasteiger partial charge in [-0.05, 0) is 38.4 Å². The van der Waals surface area contributed by atoms with Gasteiger partial charge in [0.2, 0.25) is 0 Å². The van der Waals surface area contributed by atoms with Crippen LogP contribution in [-0.4, -0.2) is 37.8 Å². The Balaban J connectivity index is 0.00000218. The number of hydrogen-bond donors (Lipinski definition) is 2. The molecule has 1 fully saturated rings. The second-order valence-corrected chi connectivity index (χ2v) is 7.58. The maximum atomic E-state index is 12.3. The summed E-state index contributed by atoms with van der Waals surface area (Å²) in [7, 11) is 0. The lowest BCUT2D eigenvalue weighted by Crippen LogP contribution is -2.28. The second-order valence-electron chi connectivity index (χ2n) is 7.58. The van der Waals surface area contributed by atoms with Gasteiger partial charge in [-0.1, -0.05) is 35.0 Å². The molecule has 1 aromatic carbocycles. The zero-order valence-corrected chi connectivity index (χ0v) is 17.4. The molecule has 5 rings (SSSR count). The monoisotopic (exact) mass is 426 g/mol. The Kier molecular flexibility index (Phi) is 5.69. The van der Waals surface area contributed by atoms with Gasteiger partial charge in [-0.2, -0.15) is 10.1 Å². The lowest BCUT2D eigenvalue weighted by atomic mass is 9.94. The quantitative estimate of drug-likeness (QED) is 0.520. The highest BCUT2D eigenvalue weighted by atomic mass is 35.5. The van der Waals surface area contributed by atoms with E-state index in [0.717, 1.165) is 37.2 Å². The van der Waals surface area contributed by atoms with Crippen LogP contribution in [0, 0.1) is 6.92 Å². The number of halogens is 1. The van der Waals surface area contributed by atoms with Gasteiger partial charge in [0.25, 0.3) is 11.4 Å². The predicted molar refractivity (Wildman–Crippen MR) is 115 cm³/mol. The van der Waals surface area contributed by atoms with Gasteiger partial charge in [0.15, 0.2) is 5.82 Å². The third-order valence-corrected chi connectivity index (χ3v) is 5.47. The van der Waals surface area contributed by atoms with Crippen molar-refractivity contribution in [3.05, 3.63) is 69.5 Å². The van der Waals surface area contributed by atoms with Crippen LogP contribution in [0.4, 0.5) is 0 Å². The molecule has 30 heavy (non-hydrogen) atoms. The largest absolute Gasteiger partial charge is 0.334 e. The zero-order valence-electron chi connectivity index (χ0n) is 16.6. The first-order valence-electron chi connectivity index (χ1n) is 9.87. The highest BCUT2D eigenvalue weighted by molar-refractivity contribution is 5.85. The van der Waals surface area contributed by atoms with Gasteiger partial charge in [0.1, 0.15) is 11.2 Å². The maximum Gasteiger partial charge on any atom is 0.263 e. The van der Waals surface area contributed by atoms with Gasteiger partial charge in [-0.15, -0.1) is 12.4 Å². The van der Waals surface area contributed by atoms with Crippen molar-refractivity contribution in [3.63, 3.8) is 0 Å². The summed E-state index contributed by atoms with van der Waals surface area (Å²) in [6, 6.07) is 9.90. The molecule has 9 heteroatoms. The van der Waals surface area contributed by atoms with Crippen LogP contribution in [0.5, 0.6) is 0 Å². The van der Waals surface area contributed by atoms with Crippen LogP contribution in [0.3, 0.4) is 0 Å². The van der Waals surface area contributed by atoms with Crippen LogP contribution in [0.15, 0.2) is 45.8 Å². The van der Waals surface area contributed by atoms with E-state index in [1.54, 1.807) is 16.8 Å². The molecule has 8 nitrogen and oxygen atoms in total. The molecule has 4 aromatic rings. The second kappa shape index (κ2) is 8.41. The number of hydrogen-bond acceptors (Lipinski definition) is 6. The van der Waals surface area contributed by atoms with E-state index in [4.69, 9.17) is 4.52 Å². The topological polar surface area (TPSA) is 101 Å². The first-order valence-corrected chi connectivity index (χ1v) is 9.87. The Hall–Kier alpha value is -2.97. The first kappa shape index (κ1) is 20.3. The maximum absolute atomic E-state index is 12.3. The fourth-order valence-electron chi connectivity index (χ4n) is 3.90. The molecule has 4 heterocycles. The van der Waals surface area contributed by atoms with Gasteiger partial charge < -0.3 is 14.8 Å². The normalized spacial score (nSPS) is 14.7. The van der Waals surface area contributed by atoms with E-state index in [-0.39, 0.29) is 18.0 Å². The molecule has 0 spiro atoms. The smallest absolute Gasteiger partial charge is 0.263 e. The molecule has 1 saturated heterocycles. The summed E-state index contributed by atoms with van der Waals surface area (Å²) in [4.78, 5) is 19.7. The Morgan fingerprint density at radius 2 is 1.97 bits per heavy atom. The van der Waals surface area contributed by atoms with Crippen molar-refractivity contribution in [2.45, 2.75) is 32.1 Å². The summed E-state index contributed by atoms with van der Waals surface area (Å²) in [6.45, 7) is 3.94. The van der Waals surface area contributed by atoms with Gasteiger partial charge in [0, 0.05) is 18.4 Å². The van der Waals surface area contributed by atoms with E-state index in [2.05, 4.69) is 56.7 Å². The van der Waals surface area contributed by atoms with Crippen LogP contribution in [0.1, 0.15) is 41.4 Å². The predicted octanol–water partition coefficient (Wildman–Crippen LogP) is 2.86. The first-order chi connectivity index (χ1) is 14.2. The van der Waals surface area contributed by atoms with E-state index < -0.39 is 0 Å². The Morgan fingerprint density at radius 3 is 2.73 bits per heavy atom. The van der Waals surface area contributed by atoms with Gasteiger partial charge in [0.05, 0.1) is 11.9 Å². The number of rotatable bonds is 4. The van der Waals surface area contributed by atoms with E-state index in [0.29, 0.717) is 35.3 Å². The number of fused-ring (bicyclic) bond motifs is 1. The standard InChI is InChI=1S/C21H22N6O2.ClH/c1-13-2-4-14(5-3-13)10-18-24-21(29-26-18)16-12-23-27-17(11-19(28)25-20(16)27)15-6-8-22-9-7-15;/h2-5,11-12,15,22H,6-10H2,1H3,(H,25,28);1H. The number of nitrogens with one attached hydrogen (secondary N) is 2. The lowest BCUT2D eigenvalue weighted by Gasteiger charge is -2.23. The molecule has 0 bridgehead atoms. The van der Waals surface area contributed by atoms with Crippen molar-refractivity contribution >= 4 is 18.1 Å². The molecule has 0 saturated carbocycles. The lowest BCUT2D eigenvalue weighted by molar-refractivity contribution is 0.424. The average Bonchev–Trinajstić information content (AvgIpc) is 3.36. The molecular weight excluding hydrogens is 404 g/mol. The number of aromatic nitrogens is 5. The molecule has 0 amide bonds. The molecule has 0 radical (unpaired) electrons. The van der Waals surface area contributed by atoms with Crippen molar-refractivity contribution in [2.24, 2.45) is 0 Å². The minimum Gasteiger partial charge on any atom is -0.334 e. The summed E-state index contributed by atoms with van der Waals surface area (Å²) < 4.78 is 7.29. The van der Waals surface area contributed by atoms with Crippen molar-refractivity contribution in [2.75, 3.05) is 13.1 Å². The summed E-state index contributed by atoms with van der Waals surface area (Å²) in [5, 5.41) is 12.0. The van der Waals surface area contributed by atoms with E-state index >= 15 is 0 Å². The molecule has 156 valence electrons. The van der Waals surface area contributed by atoms with Crippen LogP contribution in [-0.2, 0) is 6.42 Å². The van der Waals surface area contributed by atoms with E-state index in [9.17, 15) is 4.79 Å². The highest BCUT2D eigenvalue weighted by Gasteiger charge is 2.22. The van der Waals surface area contributed by atoms with Crippen molar-refractivity contribution in [3.8, 4) is 11.5 Å². The summed E-state index contributed by atoms with van der Waals surface area (Å²) >= 11 is 0. The van der Waals surface area contributed by atoms with E-state index in [1.807, 2.05) is 0 Å². The Morgan fingerprint density at radius 1 is 1.20 bits per heavy atom. The van der Waals surface area contributed by atoms with Crippen LogP contribution >= 0.6 is 12.4 Å². The van der Waals surface area contributed by atoms with Crippen LogP contribution in [0.2, 0.25) is 0 Å². The Bertz CT molecular complexity index is 1200. The number of aryl methyl sites for hydroxylation is 1. The third-order valence-electron chi connectivity index (χ3n) is 5.47. The number of nitrogens with zero attached hydrogens (tertiary/aromatic N) is 4. The average molecular weight is 427 g/mol. The van der Waals surface area contributed by atoms with Gasteiger partial charge in [-0.25, -0.2) is 4.52 Å².